The minimum Gasteiger partial charge on any atom is -0.480 e. The normalized spacial score (nSPS) is 22.0. The number of carboxylic acids is 1. The Kier molecular flexibility index (Phi) is 4.30. The molecule has 0 aromatic rings. The van der Waals surface area contributed by atoms with Gasteiger partial charge in [-0.25, -0.2) is 4.39 Å². The number of carbonyl (C=O) groups is 1. The van der Waals surface area contributed by atoms with Crippen molar-refractivity contribution in [1.29, 1.82) is 0 Å². The van der Waals surface area contributed by atoms with Crippen molar-refractivity contribution in [2.45, 2.75) is 18.9 Å². The molecule has 1 aliphatic carbocycles. The van der Waals surface area contributed by atoms with Crippen LogP contribution in [-0.4, -0.2) is 24.0 Å². The van der Waals surface area contributed by atoms with E-state index in [0.717, 1.165) is 0 Å². The molecule has 0 radical (unpaired) electrons. The average molecular weight is 215 g/mol. The molecule has 0 spiro atoms. The second-order valence-electron chi connectivity index (χ2n) is 3.40. The highest BCUT2D eigenvalue weighted by Crippen LogP contribution is 2.21. The minimum absolute atomic E-state index is 0.0862. The summed E-state index contributed by atoms with van der Waals surface area (Å²) in [5, 5.41) is 8.61. The van der Waals surface area contributed by atoms with E-state index in [1.54, 1.807) is 18.2 Å². The van der Waals surface area contributed by atoms with Gasteiger partial charge in [0.1, 0.15) is 11.8 Å². The second kappa shape index (κ2) is 5.50. The molecule has 0 amide bonds. The maximum Gasteiger partial charge on any atom is 0.320 e. The molecule has 3 N–H and O–H groups in total. The van der Waals surface area contributed by atoms with E-state index in [9.17, 15) is 9.18 Å². The van der Waals surface area contributed by atoms with Crippen LogP contribution in [0.2, 0.25) is 0 Å². The van der Waals surface area contributed by atoms with Crippen LogP contribution in [0.15, 0.2) is 24.0 Å². The summed E-state index contributed by atoms with van der Waals surface area (Å²) in [5.74, 6) is -0.432. The molecule has 0 bridgehead atoms. The third-order valence-electron chi connectivity index (χ3n) is 2.25. The molecule has 15 heavy (non-hydrogen) atoms. The Balaban J connectivity index is 2.39. The molecule has 5 heteroatoms. The van der Waals surface area contributed by atoms with E-state index in [4.69, 9.17) is 10.8 Å². The fourth-order valence-electron chi connectivity index (χ4n) is 1.42. The van der Waals surface area contributed by atoms with E-state index in [2.05, 4.69) is 4.74 Å². The fraction of sp³-hybridized carbons (Fsp3) is 0.500. The molecule has 0 aromatic carbocycles. The monoisotopic (exact) mass is 215 g/mol. The molecule has 0 aromatic heterocycles. The summed E-state index contributed by atoms with van der Waals surface area (Å²) < 4.78 is 16.4. The summed E-state index contributed by atoms with van der Waals surface area (Å²) >= 11 is 0. The first-order valence-electron chi connectivity index (χ1n) is 4.69. The lowest BCUT2D eigenvalue weighted by Gasteiger charge is -2.17. The third kappa shape index (κ3) is 3.71. The van der Waals surface area contributed by atoms with Gasteiger partial charge in [-0.3, -0.25) is 4.79 Å². The highest BCUT2D eigenvalue weighted by Gasteiger charge is 2.18. The molecular weight excluding hydrogens is 201 g/mol. The van der Waals surface area contributed by atoms with Crippen LogP contribution in [-0.2, 0) is 9.53 Å². The number of alkyl halides is 1. The van der Waals surface area contributed by atoms with E-state index < -0.39 is 18.9 Å². The lowest BCUT2D eigenvalue weighted by molar-refractivity contribution is -0.138. The van der Waals surface area contributed by atoms with Gasteiger partial charge in [0.15, 0.2) is 0 Å². The van der Waals surface area contributed by atoms with E-state index in [0.29, 0.717) is 18.6 Å². The van der Waals surface area contributed by atoms with Crippen LogP contribution in [0.5, 0.6) is 0 Å². The van der Waals surface area contributed by atoms with Crippen molar-refractivity contribution in [2.75, 3.05) is 6.86 Å². The summed E-state index contributed by atoms with van der Waals surface area (Å²) in [6.07, 6.45) is 6.19. The van der Waals surface area contributed by atoms with Crippen LogP contribution in [0.4, 0.5) is 4.39 Å². The first-order chi connectivity index (χ1) is 7.13. The van der Waals surface area contributed by atoms with Crippen molar-refractivity contribution in [1.82, 2.24) is 0 Å². The molecule has 0 saturated carbocycles. The Morgan fingerprint density at radius 2 is 2.53 bits per heavy atom. The molecule has 1 rings (SSSR count). The summed E-state index contributed by atoms with van der Waals surface area (Å²) in [4.78, 5) is 10.5. The average Bonchev–Trinajstić information content (AvgIpc) is 2.21. The predicted octanol–water partition coefficient (Wildman–Crippen LogP) is 1.19. The number of carboxylic acid groups (broad SMARTS) is 1. The molecule has 0 fully saturated rings. The minimum atomic E-state index is -1.00. The molecule has 0 saturated heterocycles. The van der Waals surface area contributed by atoms with Crippen LogP contribution in [0, 0.1) is 5.92 Å². The van der Waals surface area contributed by atoms with Crippen molar-refractivity contribution in [3.05, 3.63) is 24.0 Å². The van der Waals surface area contributed by atoms with Gasteiger partial charge in [0.05, 0.1) is 0 Å². The van der Waals surface area contributed by atoms with Gasteiger partial charge >= 0.3 is 5.97 Å². The SMILES string of the molecule is NC(CC1C=CC(OCF)=CC1)C(=O)O. The molecular formula is C10H14FNO3. The molecule has 0 heterocycles. The Morgan fingerprint density at radius 1 is 1.80 bits per heavy atom. The molecule has 4 nitrogen and oxygen atoms in total. The molecule has 0 aliphatic heterocycles. The van der Waals surface area contributed by atoms with E-state index in [-0.39, 0.29) is 5.92 Å². The van der Waals surface area contributed by atoms with Crippen molar-refractivity contribution < 1.29 is 19.0 Å². The number of allylic oxidation sites excluding steroid dienone is 3. The largest absolute Gasteiger partial charge is 0.480 e. The number of rotatable bonds is 5. The first kappa shape index (κ1) is 11.7. The standard InChI is InChI=1S/C10H14FNO3/c11-6-15-8-3-1-7(2-4-8)5-9(12)10(13)14/h1,3-4,7,9H,2,5-6,12H2,(H,13,14). The van der Waals surface area contributed by atoms with Crippen molar-refractivity contribution in [2.24, 2.45) is 11.7 Å². The van der Waals surface area contributed by atoms with Gasteiger partial charge in [-0.15, -0.1) is 0 Å². The number of ether oxygens (including phenoxy) is 1. The maximum absolute atomic E-state index is 11.8. The Morgan fingerprint density at radius 3 is 3.00 bits per heavy atom. The van der Waals surface area contributed by atoms with Gasteiger partial charge in [0.25, 0.3) is 0 Å². The predicted molar refractivity (Wildman–Crippen MR) is 52.6 cm³/mol. The van der Waals surface area contributed by atoms with E-state index >= 15 is 0 Å². The van der Waals surface area contributed by atoms with Gasteiger partial charge in [-0.1, -0.05) is 6.08 Å². The van der Waals surface area contributed by atoms with Crippen molar-refractivity contribution in [3.8, 4) is 0 Å². The van der Waals surface area contributed by atoms with Crippen molar-refractivity contribution >= 4 is 5.97 Å². The summed E-state index contributed by atoms with van der Waals surface area (Å²) in [6, 6.07) is -0.850. The highest BCUT2D eigenvalue weighted by molar-refractivity contribution is 5.73. The van der Waals surface area contributed by atoms with Crippen LogP contribution < -0.4 is 5.73 Å². The van der Waals surface area contributed by atoms with Gasteiger partial charge in [0.2, 0.25) is 6.86 Å². The molecule has 1 aliphatic rings. The topological polar surface area (TPSA) is 72.5 Å². The summed E-state index contributed by atoms with van der Waals surface area (Å²) in [6.45, 7) is -0.852. The van der Waals surface area contributed by atoms with Gasteiger partial charge in [-0.2, -0.15) is 0 Å². The van der Waals surface area contributed by atoms with Crippen LogP contribution in [0.25, 0.3) is 0 Å². The lowest BCUT2D eigenvalue weighted by Crippen LogP contribution is -2.32. The number of halogens is 1. The van der Waals surface area contributed by atoms with Gasteiger partial charge in [-0.05, 0) is 30.9 Å². The molecule has 2 atom stereocenters. The lowest BCUT2D eigenvalue weighted by atomic mass is 9.93. The zero-order chi connectivity index (χ0) is 11.3. The van der Waals surface area contributed by atoms with Crippen LogP contribution in [0.1, 0.15) is 12.8 Å². The molecule has 2 unspecified atom stereocenters. The zero-order valence-corrected chi connectivity index (χ0v) is 8.23. The maximum atomic E-state index is 11.8. The van der Waals surface area contributed by atoms with Crippen LogP contribution >= 0.6 is 0 Å². The summed E-state index contributed by atoms with van der Waals surface area (Å²) in [5.41, 5.74) is 5.40. The number of nitrogens with two attached hydrogens (primary N) is 1. The number of hydrogen-bond donors (Lipinski definition) is 2. The number of aliphatic carboxylic acids is 1. The summed E-state index contributed by atoms with van der Waals surface area (Å²) in [7, 11) is 0. The highest BCUT2D eigenvalue weighted by atomic mass is 19.1. The van der Waals surface area contributed by atoms with E-state index in [1.165, 1.54) is 0 Å². The fourth-order valence-corrected chi connectivity index (χ4v) is 1.42. The number of hydrogen-bond acceptors (Lipinski definition) is 3. The van der Waals surface area contributed by atoms with Crippen LogP contribution in [0.3, 0.4) is 0 Å². The Labute approximate surface area is 87.2 Å². The molecule has 84 valence electrons. The smallest absolute Gasteiger partial charge is 0.320 e. The third-order valence-corrected chi connectivity index (χ3v) is 2.25. The quantitative estimate of drug-likeness (QED) is 0.722. The van der Waals surface area contributed by atoms with Gasteiger partial charge in [0, 0.05) is 0 Å². The zero-order valence-electron chi connectivity index (χ0n) is 8.23. The van der Waals surface area contributed by atoms with Gasteiger partial charge < -0.3 is 15.6 Å². The Bertz CT molecular complexity index is 288. The van der Waals surface area contributed by atoms with E-state index in [1.807, 2.05) is 0 Å². The Hall–Kier alpha value is -1.36. The first-order valence-corrected chi connectivity index (χ1v) is 4.69. The van der Waals surface area contributed by atoms with Crippen molar-refractivity contribution in [3.63, 3.8) is 0 Å². The second-order valence-corrected chi connectivity index (χ2v) is 3.40.